The third-order valence-corrected chi connectivity index (χ3v) is 10.2. The van der Waals surface area contributed by atoms with Crippen molar-refractivity contribution in [2.75, 3.05) is 0 Å². The lowest BCUT2D eigenvalue weighted by Crippen LogP contribution is -2.54. The third kappa shape index (κ3) is 2.18. The van der Waals surface area contributed by atoms with Crippen molar-refractivity contribution in [2.45, 2.75) is 98.3 Å². The van der Waals surface area contributed by atoms with Crippen molar-refractivity contribution in [1.29, 1.82) is 0 Å². The molecule has 5 rings (SSSR count). The van der Waals surface area contributed by atoms with E-state index >= 15 is 0 Å². The SMILES string of the molecule is CCC[C@@H](C)[C@H]1C2=C(C2)[C@H]2[C@@H]3CCC4CCCC[C@]4(C)[C@H]3CC[C@]12C. The van der Waals surface area contributed by atoms with Crippen LogP contribution in [0.2, 0.25) is 0 Å². The third-order valence-electron chi connectivity index (χ3n) is 10.2. The molecule has 0 saturated heterocycles. The van der Waals surface area contributed by atoms with E-state index in [4.69, 9.17) is 0 Å². The minimum absolute atomic E-state index is 0.635. The molecule has 0 nitrogen and oxygen atoms in total. The van der Waals surface area contributed by atoms with Gasteiger partial charge in [0.05, 0.1) is 0 Å². The molecule has 5 aliphatic carbocycles. The number of allylic oxidation sites excluding steroid dienone is 2. The van der Waals surface area contributed by atoms with E-state index in [2.05, 4.69) is 27.7 Å². The normalized spacial score (nSPS) is 52.1. The van der Waals surface area contributed by atoms with Crippen LogP contribution >= 0.6 is 0 Å². The van der Waals surface area contributed by atoms with Crippen LogP contribution in [0, 0.1) is 46.3 Å². The largest absolute Gasteiger partial charge is 0.0654 e. The van der Waals surface area contributed by atoms with Crippen LogP contribution in [-0.4, -0.2) is 0 Å². The molecule has 140 valence electrons. The number of hydrogen-bond acceptors (Lipinski definition) is 0. The summed E-state index contributed by atoms with van der Waals surface area (Å²) < 4.78 is 0. The summed E-state index contributed by atoms with van der Waals surface area (Å²) in [5.41, 5.74) is 5.29. The zero-order valence-electron chi connectivity index (χ0n) is 17.2. The minimum atomic E-state index is 0.635. The van der Waals surface area contributed by atoms with Crippen molar-refractivity contribution in [3.05, 3.63) is 11.1 Å². The molecule has 0 spiro atoms. The number of rotatable bonds is 3. The highest BCUT2D eigenvalue weighted by molar-refractivity contribution is 5.48. The molecular formula is C25H40. The maximum Gasteiger partial charge on any atom is -0.00964 e. The molecule has 3 saturated carbocycles. The van der Waals surface area contributed by atoms with Crippen molar-refractivity contribution >= 4 is 0 Å². The van der Waals surface area contributed by atoms with Gasteiger partial charge >= 0.3 is 0 Å². The highest BCUT2D eigenvalue weighted by atomic mass is 14.7. The van der Waals surface area contributed by atoms with Crippen LogP contribution in [-0.2, 0) is 0 Å². The second-order valence-corrected chi connectivity index (χ2v) is 11.3. The average molecular weight is 341 g/mol. The molecule has 0 heterocycles. The van der Waals surface area contributed by atoms with E-state index in [1.807, 2.05) is 11.1 Å². The van der Waals surface area contributed by atoms with Crippen molar-refractivity contribution in [1.82, 2.24) is 0 Å². The first-order valence-corrected chi connectivity index (χ1v) is 11.7. The molecule has 0 amide bonds. The van der Waals surface area contributed by atoms with E-state index in [-0.39, 0.29) is 0 Å². The average Bonchev–Trinajstić information content (AvgIpc) is 3.28. The summed E-state index contributed by atoms with van der Waals surface area (Å²) in [5, 5.41) is 0. The molecule has 0 aromatic rings. The van der Waals surface area contributed by atoms with Gasteiger partial charge in [-0.05, 0) is 91.3 Å². The first-order valence-electron chi connectivity index (χ1n) is 11.7. The molecular weight excluding hydrogens is 300 g/mol. The maximum atomic E-state index is 2.73. The summed E-state index contributed by atoms with van der Waals surface area (Å²) >= 11 is 0. The van der Waals surface area contributed by atoms with Crippen LogP contribution in [0.25, 0.3) is 0 Å². The molecule has 0 aromatic carbocycles. The lowest BCUT2D eigenvalue weighted by Gasteiger charge is -2.61. The summed E-state index contributed by atoms with van der Waals surface area (Å²) in [5.74, 6) is 6.03. The van der Waals surface area contributed by atoms with Gasteiger partial charge in [-0.15, -0.1) is 0 Å². The first kappa shape index (κ1) is 16.9. The maximum absolute atomic E-state index is 2.73. The molecule has 0 aliphatic heterocycles. The fraction of sp³-hybridized carbons (Fsp3) is 0.920. The van der Waals surface area contributed by atoms with Gasteiger partial charge in [0.15, 0.2) is 0 Å². The van der Waals surface area contributed by atoms with E-state index in [9.17, 15) is 0 Å². The lowest BCUT2D eigenvalue weighted by atomic mass is 9.43. The van der Waals surface area contributed by atoms with Gasteiger partial charge in [0, 0.05) is 0 Å². The molecule has 25 heavy (non-hydrogen) atoms. The smallest absolute Gasteiger partial charge is 0.00964 e. The standard InChI is InChI=1S/C25H40/c1-5-8-16(2)22-19-15-20(19)23-18-11-10-17-9-6-7-13-24(17,3)21(18)12-14-25(22,23)4/h16-18,21-23H,5-15H2,1-4H3/t16-,17?,18-,21+,22+,23-,24+,25-/m1/s1. The predicted octanol–water partition coefficient (Wildman–Crippen LogP) is 7.39. The van der Waals surface area contributed by atoms with Crippen LogP contribution in [0.5, 0.6) is 0 Å². The Bertz CT molecular complexity index is 585. The number of hydrogen-bond donors (Lipinski definition) is 0. The summed E-state index contributed by atoms with van der Waals surface area (Å²) in [7, 11) is 0. The molecule has 1 unspecified atom stereocenters. The molecule has 0 radical (unpaired) electrons. The summed E-state index contributed by atoms with van der Waals surface area (Å²) in [6.45, 7) is 10.4. The Morgan fingerprint density at radius 1 is 0.960 bits per heavy atom. The van der Waals surface area contributed by atoms with Gasteiger partial charge in [0.2, 0.25) is 0 Å². The van der Waals surface area contributed by atoms with Gasteiger partial charge in [-0.3, -0.25) is 0 Å². The van der Waals surface area contributed by atoms with Gasteiger partial charge in [-0.1, -0.05) is 64.5 Å². The van der Waals surface area contributed by atoms with E-state index in [1.165, 1.54) is 38.5 Å². The molecule has 0 aromatic heterocycles. The Morgan fingerprint density at radius 2 is 1.80 bits per heavy atom. The highest BCUT2D eigenvalue weighted by Crippen LogP contribution is 2.74. The van der Waals surface area contributed by atoms with E-state index in [1.54, 1.807) is 32.1 Å². The van der Waals surface area contributed by atoms with E-state index < -0.39 is 0 Å². The second kappa shape index (κ2) is 5.62. The Morgan fingerprint density at radius 3 is 2.60 bits per heavy atom. The summed E-state index contributed by atoms with van der Waals surface area (Å²) in [6, 6.07) is 0. The Hall–Kier alpha value is -0.260. The van der Waals surface area contributed by atoms with Gasteiger partial charge < -0.3 is 0 Å². The van der Waals surface area contributed by atoms with Gasteiger partial charge in [-0.2, -0.15) is 0 Å². The molecule has 0 heteroatoms. The number of fused-ring (bicyclic) bond motifs is 6. The Labute approximate surface area is 156 Å². The van der Waals surface area contributed by atoms with Crippen LogP contribution in [0.4, 0.5) is 0 Å². The first-order chi connectivity index (χ1) is 12.0. The van der Waals surface area contributed by atoms with Gasteiger partial charge in [0.1, 0.15) is 0 Å². The molecule has 0 N–H and O–H groups in total. The van der Waals surface area contributed by atoms with E-state index in [0.717, 1.165) is 35.5 Å². The Kier molecular flexibility index (Phi) is 3.79. The molecule has 8 atom stereocenters. The van der Waals surface area contributed by atoms with E-state index in [0.29, 0.717) is 10.8 Å². The van der Waals surface area contributed by atoms with Gasteiger partial charge in [-0.25, -0.2) is 0 Å². The van der Waals surface area contributed by atoms with Crippen molar-refractivity contribution in [3.8, 4) is 0 Å². The zero-order valence-corrected chi connectivity index (χ0v) is 17.2. The van der Waals surface area contributed by atoms with Crippen molar-refractivity contribution in [3.63, 3.8) is 0 Å². The highest BCUT2D eigenvalue weighted by Gasteiger charge is 2.65. The second-order valence-electron chi connectivity index (χ2n) is 11.3. The van der Waals surface area contributed by atoms with Crippen molar-refractivity contribution in [2.24, 2.45) is 46.3 Å². The quantitative estimate of drug-likeness (QED) is 0.470. The fourth-order valence-corrected chi connectivity index (χ4v) is 9.33. The summed E-state index contributed by atoms with van der Waals surface area (Å²) in [4.78, 5) is 0. The molecule has 3 fully saturated rings. The zero-order chi connectivity index (χ0) is 17.4. The molecule has 5 aliphatic rings. The monoisotopic (exact) mass is 340 g/mol. The lowest BCUT2D eigenvalue weighted by molar-refractivity contribution is -0.113. The van der Waals surface area contributed by atoms with Crippen LogP contribution in [0.15, 0.2) is 11.1 Å². The van der Waals surface area contributed by atoms with Gasteiger partial charge in [0.25, 0.3) is 0 Å². The predicted molar refractivity (Wildman–Crippen MR) is 106 cm³/mol. The van der Waals surface area contributed by atoms with Crippen LogP contribution in [0.1, 0.15) is 98.3 Å². The fourth-order valence-electron chi connectivity index (χ4n) is 9.33. The minimum Gasteiger partial charge on any atom is -0.0654 e. The van der Waals surface area contributed by atoms with Crippen LogP contribution < -0.4 is 0 Å². The molecule has 0 bridgehead atoms. The Balaban J connectivity index is 1.46. The van der Waals surface area contributed by atoms with Crippen LogP contribution in [0.3, 0.4) is 0 Å². The van der Waals surface area contributed by atoms with Crippen molar-refractivity contribution < 1.29 is 0 Å². The summed E-state index contributed by atoms with van der Waals surface area (Å²) in [6.07, 6.45) is 16.6. The topological polar surface area (TPSA) is 0 Å².